The van der Waals surface area contributed by atoms with Crippen LogP contribution in [-0.2, 0) is 30.5 Å². The van der Waals surface area contributed by atoms with Crippen LogP contribution in [0.25, 0.3) is 0 Å². The van der Waals surface area contributed by atoms with Gasteiger partial charge in [0.15, 0.2) is 18.3 Å². The van der Waals surface area contributed by atoms with E-state index in [0.717, 1.165) is 11.1 Å². The normalized spacial score (nSPS) is 12.4. The van der Waals surface area contributed by atoms with Crippen molar-refractivity contribution >= 4 is 47.4 Å². The van der Waals surface area contributed by atoms with Crippen LogP contribution in [0.5, 0.6) is 0 Å². The Morgan fingerprint density at radius 2 is 0.702 bits per heavy atom. The van der Waals surface area contributed by atoms with Gasteiger partial charge in [0.25, 0.3) is 0 Å². The average Bonchev–Trinajstić information content (AvgIpc) is 3.28. The zero-order chi connectivity index (χ0) is 39.7. The van der Waals surface area contributed by atoms with Crippen molar-refractivity contribution < 1.29 is 38.1 Å². The topological polar surface area (TPSA) is 105 Å². The van der Waals surface area contributed by atoms with Crippen molar-refractivity contribution in [1.82, 2.24) is 0 Å². The van der Waals surface area contributed by atoms with Gasteiger partial charge in [-0.05, 0) is 59.7 Å². The molecule has 0 spiro atoms. The van der Waals surface area contributed by atoms with Crippen LogP contribution < -0.4 is 0 Å². The van der Waals surface area contributed by atoms with E-state index >= 15 is 0 Å². The molecule has 0 fully saturated rings. The van der Waals surface area contributed by atoms with Crippen LogP contribution >= 0.6 is 23.5 Å². The number of carbonyl (C=O) groups excluding carboxylic acids is 4. The average molecular weight is 797 g/mol. The van der Waals surface area contributed by atoms with Crippen molar-refractivity contribution in [3.8, 4) is 0 Å². The molecule has 8 nitrogen and oxygen atoms in total. The van der Waals surface area contributed by atoms with Crippen molar-refractivity contribution in [3.63, 3.8) is 0 Å². The van der Waals surface area contributed by atoms with E-state index in [2.05, 4.69) is 0 Å². The SMILES string of the molecule is O=C(OC[C@@H](OC(=O)c1ccccc1)[C@@H](OC(=O)c1ccccc1)[C@@H](OC(=O)c1ccccc1)C(SCc1ccccc1)SCc1ccccc1)c1ccccc1. The summed E-state index contributed by atoms with van der Waals surface area (Å²) in [4.78, 5) is 55.5. The molecule has 6 aromatic rings. The van der Waals surface area contributed by atoms with E-state index in [-0.39, 0.29) is 22.3 Å². The van der Waals surface area contributed by atoms with Gasteiger partial charge < -0.3 is 18.9 Å². The van der Waals surface area contributed by atoms with Crippen LogP contribution in [0, 0.1) is 0 Å². The molecule has 10 heteroatoms. The Bertz CT molecular complexity index is 2110. The van der Waals surface area contributed by atoms with Crippen LogP contribution in [-0.4, -0.2) is 53.4 Å². The fraction of sp³-hybridized carbons (Fsp3) is 0.149. The molecule has 3 atom stereocenters. The van der Waals surface area contributed by atoms with Crippen molar-refractivity contribution in [1.29, 1.82) is 0 Å². The Kier molecular flexibility index (Phi) is 15.1. The first kappa shape index (κ1) is 40.6. The molecule has 0 aliphatic heterocycles. The van der Waals surface area contributed by atoms with Gasteiger partial charge >= 0.3 is 23.9 Å². The zero-order valence-electron chi connectivity index (χ0n) is 30.8. The van der Waals surface area contributed by atoms with Gasteiger partial charge in [-0.1, -0.05) is 133 Å². The van der Waals surface area contributed by atoms with Gasteiger partial charge in [-0.3, -0.25) is 0 Å². The highest BCUT2D eigenvalue weighted by molar-refractivity contribution is 8.16. The van der Waals surface area contributed by atoms with E-state index in [1.54, 1.807) is 121 Å². The maximum absolute atomic E-state index is 14.1. The van der Waals surface area contributed by atoms with Crippen LogP contribution in [0.1, 0.15) is 52.6 Å². The molecule has 6 aromatic carbocycles. The molecule has 0 radical (unpaired) electrons. The van der Waals surface area contributed by atoms with E-state index < -0.39 is 53.4 Å². The Morgan fingerprint density at radius 1 is 0.386 bits per heavy atom. The number of ether oxygens (including phenoxy) is 4. The van der Waals surface area contributed by atoms with Gasteiger partial charge in [0.2, 0.25) is 0 Å². The fourth-order valence-corrected chi connectivity index (χ4v) is 8.39. The number of hydrogen-bond acceptors (Lipinski definition) is 10. The number of rotatable bonds is 18. The molecule has 0 unspecified atom stereocenters. The molecular weight excluding hydrogens is 757 g/mol. The Morgan fingerprint density at radius 3 is 1.09 bits per heavy atom. The molecule has 0 saturated carbocycles. The van der Waals surface area contributed by atoms with E-state index in [1.165, 1.54) is 23.5 Å². The van der Waals surface area contributed by atoms with E-state index in [0.29, 0.717) is 11.5 Å². The summed E-state index contributed by atoms with van der Waals surface area (Å²) in [5.41, 5.74) is 3.01. The lowest BCUT2D eigenvalue weighted by molar-refractivity contribution is -0.0974. The molecule has 0 N–H and O–H groups in total. The van der Waals surface area contributed by atoms with Crippen molar-refractivity contribution in [2.45, 2.75) is 34.4 Å². The maximum atomic E-state index is 14.1. The summed E-state index contributed by atoms with van der Waals surface area (Å²) in [6, 6.07) is 53.1. The molecule has 0 heterocycles. The van der Waals surface area contributed by atoms with Gasteiger partial charge in [0.05, 0.1) is 26.8 Å². The monoisotopic (exact) mass is 796 g/mol. The Labute approximate surface area is 340 Å². The van der Waals surface area contributed by atoms with Crippen LogP contribution in [0.4, 0.5) is 0 Å². The summed E-state index contributed by atoms with van der Waals surface area (Å²) >= 11 is 2.98. The molecule has 0 aliphatic rings. The smallest absolute Gasteiger partial charge is 0.338 e. The van der Waals surface area contributed by atoms with E-state index in [9.17, 15) is 19.2 Å². The van der Waals surface area contributed by atoms with Gasteiger partial charge in [0.1, 0.15) is 6.61 Å². The summed E-state index contributed by atoms with van der Waals surface area (Å²) < 4.78 is 24.1. The highest BCUT2D eigenvalue weighted by Crippen LogP contribution is 2.37. The number of thioether (sulfide) groups is 2. The van der Waals surface area contributed by atoms with E-state index in [4.69, 9.17) is 18.9 Å². The number of benzene rings is 6. The Hall–Kier alpha value is -6.10. The van der Waals surface area contributed by atoms with Crippen LogP contribution in [0.15, 0.2) is 182 Å². The van der Waals surface area contributed by atoms with Crippen molar-refractivity contribution in [3.05, 3.63) is 215 Å². The molecule has 0 aromatic heterocycles. The summed E-state index contributed by atoms with van der Waals surface area (Å²) in [7, 11) is 0. The third kappa shape index (κ3) is 12.2. The third-order valence-corrected chi connectivity index (χ3v) is 11.6. The van der Waals surface area contributed by atoms with Crippen LogP contribution in [0.2, 0.25) is 0 Å². The first-order valence-corrected chi connectivity index (χ1v) is 20.4. The number of esters is 4. The second-order valence-electron chi connectivity index (χ2n) is 12.7. The lowest BCUT2D eigenvalue weighted by Crippen LogP contribution is -2.51. The second kappa shape index (κ2) is 21.3. The predicted octanol–water partition coefficient (Wildman–Crippen LogP) is 9.71. The molecular formula is C47H40O8S2. The lowest BCUT2D eigenvalue weighted by Gasteiger charge is -2.36. The van der Waals surface area contributed by atoms with Gasteiger partial charge in [-0.2, -0.15) is 0 Å². The summed E-state index contributed by atoms with van der Waals surface area (Å²) in [6.07, 6.45) is -4.17. The zero-order valence-corrected chi connectivity index (χ0v) is 32.5. The van der Waals surface area contributed by atoms with Gasteiger partial charge in [-0.15, -0.1) is 23.5 Å². The highest BCUT2D eigenvalue weighted by Gasteiger charge is 2.44. The molecule has 0 amide bonds. The van der Waals surface area contributed by atoms with E-state index in [1.807, 2.05) is 60.7 Å². The molecule has 0 aliphatic carbocycles. The molecule has 0 bridgehead atoms. The Balaban J connectivity index is 1.45. The van der Waals surface area contributed by atoms with Crippen LogP contribution in [0.3, 0.4) is 0 Å². The van der Waals surface area contributed by atoms with Crippen molar-refractivity contribution in [2.75, 3.05) is 6.61 Å². The summed E-state index contributed by atoms with van der Waals surface area (Å²) in [5, 5.41) is 0. The summed E-state index contributed by atoms with van der Waals surface area (Å²) in [5.74, 6) is -1.86. The molecule has 6 rings (SSSR count). The second-order valence-corrected chi connectivity index (χ2v) is 15.3. The lowest BCUT2D eigenvalue weighted by atomic mass is 10.1. The minimum Gasteiger partial charge on any atom is -0.458 e. The minimum absolute atomic E-state index is 0.218. The predicted molar refractivity (Wildman–Crippen MR) is 223 cm³/mol. The minimum atomic E-state index is -1.47. The highest BCUT2D eigenvalue weighted by atomic mass is 32.2. The molecule has 0 saturated heterocycles. The fourth-order valence-electron chi connectivity index (χ4n) is 5.70. The third-order valence-electron chi connectivity index (χ3n) is 8.63. The standard InChI is InChI=1S/C47H40O8S2/c48-43(36-23-11-3-12-24-36)52-31-40(53-44(49)37-25-13-4-14-26-37)41(54-45(50)38-27-15-5-16-28-38)42(55-46(51)39-29-17-6-18-30-39)47(56-32-34-19-7-1-8-20-34)57-33-35-21-9-2-10-22-35/h1-30,40-42,47H,31-33H2/t40-,41-,42-/m1/s1. The first-order chi connectivity index (χ1) is 27.9. The molecule has 288 valence electrons. The van der Waals surface area contributed by atoms with Crippen molar-refractivity contribution in [2.24, 2.45) is 0 Å². The largest absolute Gasteiger partial charge is 0.458 e. The number of hydrogen-bond donors (Lipinski definition) is 0. The summed E-state index contributed by atoms with van der Waals surface area (Å²) in [6.45, 7) is -0.530. The molecule has 57 heavy (non-hydrogen) atoms. The maximum Gasteiger partial charge on any atom is 0.338 e. The quantitative estimate of drug-likeness (QED) is 0.0474. The first-order valence-electron chi connectivity index (χ1n) is 18.3. The van der Waals surface area contributed by atoms with Gasteiger partial charge in [0, 0.05) is 11.5 Å². The van der Waals surface area contributed by atoms with Gasteiger partial charge in [-0.25, -0.2) is 19.2 Å². The number of carbonyl (C=O) groups is 4.